The summed E-state index contributed by atoms with van der Waals surface area (Å²) in [5.74, 6) is 3.77. The Kier molecular flexibility index (Phi) is 5.71. The van der Waals surface area contributed by atoms with Gasteiger partial charge in [0.05, 0.1) is 35.2 Å². The minimum absolute atomic E-state index is 0.0000846. The van der Waals surface area contributed by atoms with Crippen molar-refractivity contribution in [1.82, 2.24) is 44.8 Å². The summed E-state index contributed by atoms with van der Waals surface area (Å²) in [5, 5.41) is 11.5. The van der Waals surface area contributed by atoms with Gasteiger partial charge in [-0.2, -0.15) is 0 Å². The maximum Gasteiger partial charge on any atom is 0.280 e. The van der Waals surface area contributed by atoms with Crippen molar-refractivity contribution >= 4 is 28.3 Å². The molecule has 0 spiro atoms. The first kappa shape index (κ1) is 22.1. The molecule has 0 saturated heterocycles. The standard InChI is InChI=1S/C25H21N9OS/c1-2-18-14-28-25(36-18)24(35)30-16-6-5-7-17(12-16)34-21-13-22(33-11-10-29-32-33)27-15-20(21)31-23(34)19-8-3-4-9-26-19/h1,3-4,8-11,13-17H,5-7,12H2,(H,30,35)/t16-,17+/m0/s1. The molecule has 0 aliphatic heterocycles. The number of hydrogen-bond acceptors (Lipinski definition) is 8. The molecule has 0 bridgehead atoms. The minimum atomic E-state index is -0.190. The third-order valence-electron chi connectivity index (χ3n) is 6.30. The lowest BCUT2D eigenvalue weighted by Crippen LogP contribution is -2.39. The SMILES string of the molecule is C#Cc1cnc(C(=O)N[C@H]2CCC[C@@H](n3c(-c4ccccn4)nc4cnc(-n5ccnn5)cc43)C2)s1. The second-order valence-electron chi connectivity index (χ2n) is 8.56. The number of terminal acetylenes is 1. The molecule has 1 N–H and O–H groups in total. The normalized spacial score (nSPS) is 17.6. The lowest BCUT2D eigenvalue weighted by atomic mass is 9.90. The van der Waals surface area contributed by atoms with Crippen molar-refractivity contribution in [1.29, 1.82) is 0 Å². The largest absolute Gasteiger partial charge is 0.347 e. The average Bonchev–Trinajstić information content (AvgIpc) is 3.69. The molecule has 5 heterocycles. The number of carbonyl (C=O) groups is 1. The van der Waals surface area contributed by atoms with E-state index in [1.54, 1.807) is 35.7 Å². The Balaban J connectivity index is 1.36. The Hall–Kier alpha value is -4.43. The van der Waals surface area contributed by atoms with Crippen molar-refractivity contribution in [3.63, 3.8) is 0 Å². The quantitative estimate of drug-likeness (QED) is 0.371. The Morgan fingerprint density at radius 2 is 2.11 bits per heavy atom. The van der Waals surface area contributed by atoms with Crippen LogP contribution in [-0.2, 0) is 0 Å². The van der Waals surface area contributed by atoms with Gasteiger partial charge in [0.15, 0.2) is 16.6 Å². The van der Waals surface area contributed by atoms with Crippen LogP contribution in [0.5, 0.6) is 0 Å². The molecule has 10 nitrogen and oxygen atoms in total. The fraction of sp³-hybridized carbons (Fsp3) is 0.240. The van der Waals surface area contributed by atoms with Gasteiger partial charge in [0.1, 0.15) is 11.2 Å². The highest BCUT2D eigenvalue weighted by atomic mass is 32.1. The highest BCUT2D eigenvalue weighted by Crippen LogP contribution is 2.36. The van der Waals surface area contributed by atoms with Crippen molar-refractivity contribution < 1.29 is 4.79 Å². The van der Waals surface area contributed by atoms with Crippen molar-refractivity contribution in [2.24, 2.45) is 0 Å². The van der Waals surface area contributed by atoms with Gasteiger partial charge in [0, 0.05) is 24.3 Å². The topological polar surface area (TPSA) is 116 Å². The monoisotopic (exact) mass is 495 g/mol. The molecule has 36 heavy (non-hydrogen) atoms. The van der Waals surface area contributed by atoms with Crippen molar-refractivity contribution in [2.75, 3.05) is 0 Å². The summed E-state index contributed by atoms with van der Waals surface area (Å²) in [6.45, 7) is 0. The van der Waals surface area contributed by atoms with E-state index in [4.69, 9.17) is 11.4 Å². The molecule has 0 radical (unpaired) electrons. The molecule has 6 rings (SSSR count). The van der Waals surface area contributed by atoms with Gasteiger partial charge in [0.25, 0.3) is 5.91 Å². The predicted octanol–water partition coefficient (Wildman–Crippen LogP) is 3.43. The van der Waals surface area contributed by atoms with E-state index >= 15 is 0 Å². The Morgan fingerprint density at radius 3 is 2.89 bits per heavy atom. The van der Waals surface area contributed by atoms with E-state index < -0.39 is 0 Å². The summed E-state index contributed by atoms with van der Waals surface area (Å²) in [6, 6.07) is 7.87. The number of pyridine rings is 2. The van der Waals surface area contributed by atoms with Gasteiger partial charge in [-0.1, -0.05) is 17.2 Å². The molecule has 0 aromatic carbocycles. The molecular weight excluding hydrogens is 474 g/mol. The number of thiazole rings is 1. The fourth-order valence-corrected chi connectivity index (χ4v) is 5.34. The van der Waals surface area contributed by atoms with Gasteiger partial charge < -0.3 is 9.88 Å². The number of rotatable bonds is 5. The zero-order valence-electron chi connectivity index (χ0n) is 19.2. The smallest absolute Gasteiger partial charge is 0.280 e. The first-order chi connectivity index (χ1) is 17.7. The van der Waals surface area contributed by atoms with E-state index in [1.165, 1.54) is 11.3 Å². The summed E-state index contributed by atoms with van der Waals surface area (Å²) < 4.78 is 3.86. The zero-order chi connectivity index (χ0) is 24.5. The second-order valence-corrected chi connectivity index (χ2v) is 9.59. The molecular formula is C25H21N9OS. The summed E-state index contributed by atoms with van der Waals surface area (Å²) >= 11 is 1.23. The molecule has 5 aromatic rings. The molecule has 1 fully saturated rings. The third kappa shape index (κ3) is 4.12. The Bertz CT molecular complexity index is 1570. The van der Waals surface area contributed by atoms with Gasteiger partial charge in [0.2, 0.25) is 0 Å². The van der Waals surface area contributed by atoms with Crippen LogP contribution in [0.1, 0.15) is 46.4 Å². The number of amides is 1. The molecule has 1 aliphatic rings. The fourth-order valence-electron chi connectivity index (χ4n) is 4.71. The maximum absolute atomic E-state index is 12.8. The van der Waals surface area contributed by atoms with Crippen molar-refractivity contribution in [3.05, 3.63) is 65.1 Å². The van der Waals surface area contributed by atoms with Crippen LogP contribution in [0.3, 0.4) is 0 Å². The number of nitrogens with one attached hydrogen (secondary N) is 1. The zero-order valence-corrected chi connectivity index (χ0v) is 20.0. The van der Waals surface area contributed by atoms with Crippen LogP contribution in [-0.4, -0.2) is 51.4 Å². The van der Waals surface area contributed by atoms with Crippen LogP contribution in [0.2, 0.25) is 0 Å². The first-order valence-corrected chi connectivity index (χ1v) is 12.4. The van der Waals surface area contributed by atoms with Crippen LogP contribution >= 0.6 is 11.3 Å². The number of hydrogen-bond donors (Lipinski definition) is 1. The van der Waals surface area contributed by atoms with E-state index in [9.17, 15) is 4.79 Å². The molecule has 11 heteroatoms. The number of fused-ring (bicyclic) bond motifs is 1. The summed E-state index contributed by atoms with van der Waals surface area (Å²) in [4.78, 5) is 31.6. The number of carbonyl (C=O) groups excluding carboxylic acids is 1. The van der Waals surface area contributed by atoms with Crippen LogP contribution in [0, 0.1) is 12.3 Å². The van der Waals surface area contributed by atoms with Gasteiger partial charge in [-0.05, 0) is 37.8 Å². The third-order valence-corrected chi connectivity index (χ3v) is 7.23. The Morgan fingerprint density at radius 1 is 1.17 bits per heavy atom. The molecule has 5 aromatic heterocycles. The highest BCUT2D eigenvalue weighted by molar-refractivity contribution is 7.14. The molecule has 178 valence electrons. The molecule has 1 saturated carbocycles. The molecule has 0 unspecified atom stereocenters. The Labute approximate surface area is 210 Å². The van der Waals surface area contributed by atoms with E-state index in [2.05, 4.69) is 41.1 Å². The van der Waals surface area contributed by atoms with E-state index in [0.717, 1.165) is 48.2 Å². The predicted molar refractivity (Wildman–Crippen MR) is 134 cm³/mol. The van der Waals surface area contributed by atoms with Crippen molar-refractivity contribution in [3.8, 4) is 29.7 Å². The lowest BCUT2D eigenvalue weighted by Gasteiger charge is -2.31. The van der Waals surface area contributed by atoms with E-state index in [0.29, 0.717) is 15.7 Å². The van der Waals surface area contributed by atoms with Crippen LogP contribution in [0.25, 0.3) is 28.4 Å². The number of aromatic nitrogens is 8. The average molecular weight is 496 g/mol. The molecule has 1 aliphatic carbocycles. The van der Waals surface area contributed by atoms with Gasteiger partial charge in [-0.25, -0.2) is 19.6 Å². The second kappa shape index (κ2) is 9.31. The maximum atomic E-state index is 12.8. The number of nitrogens with zero attached hydrogens (tertiary/aromatic N) is 8. The minimum Gasteiger partial charge on any atom is -0.347 e. The molecule has 2 atom stereocenters. The van der Waals surface area contributed by atoms with Crippen LogP contribution in [0.15, 0.2) is 55.2 Å². The van der Waals surface area contributed by atoms with Gasteiger partial charge >= 0.3 is 0 Å². The highest BCUT2D eigenvalue weighted by Gasteiger charge is 2.29. The summed E-state index contributed by atoms with van der Waals surface area (Å²) in [6.07, 6.45) is 17.4. The lowest BCUT2D eigenvalue weighted by molar-refractivity contribution is 0.0920. The summed E-state index contributed by atoms with van der Waals surface area (Å²) in [7, 11) is 0. The molecule has 1 amide bonds. The van der Waals surface area contributed by atoms with Gasteiger partial charge in [-0.3, -0.25) is 9.78 Å². The first-order valence-electron chi connectivity index (χ1n) is 11.6. The van der Waals surface area contributed by atoms with Gasteiger partial charge in [-0.15, -0.1) is 22.9 Å². The van der Waals surface area contributed by atoms with Crippen LogP contribution in [0.4, 0.5) is 0 Å². The number of imidazole rings is 1. The van der Waals surface area contributed by atoms with Crippen molar-refractivity contribution in [2.45, 2.75) is 37.8 Å². The van der Waals surface area contributed by atoms with Crippen LogP contribution < -0.4 is 5.32 Å². The van der Waals surface area contributed by atoms with E-state index in [1.807, 2.05) is 24.3 Å². The summed E-state index contributed by atoms with van der Waals surface area (Å²) in [5.41, 5.74) is 2.49. The van der Waals surface area contributed by atoms with E-state index in [-0.39, 0.29) is 18.0 Å².